The third kappa shape index (κ3) is 5.40. The van der Waals surface area contributed by atoms with E-state index in [1.54, 1.807) is 13.0 Å². The summed E-state index contributed by atoms with van der Waals surface area (Å²) in [7, 11) is 1.44. The number of hydrogen-bond acceptors (Lipinski definition) is 7. The molecule has 7 nitrogen and oxygen atoms in total. The van der Waals surface area contributed by atoms with Gasteiger partial charge in [0.05, 0.1) is 44.8 Å². The topological polar surface area (TPSA) is 92.4 Å². The fourth-order valence-electron chi connectivity index (χ4n) is 3.25. The van der Waals surface area contributed by atoms with Gasteiger partial charge in [0.2, 0.25) is 0 Å². The maximum atomic E-state index is 12.9. The largest absolute Gasteiger partial charge is 0.463 e. The third-order valence-electron chi connectivity index (χ3n) is 4.47. The van der Waals surface area contributed by atoms with Gasteiger partial charge >= 0.3 is 5.97 Å². The fraction of sp³-hybridized carbons (Fsp3) is 0.500. The second-order valence-corrected chi connectivity index (χ2v) is 6.64. The van der Waals surface area contributed by atoms with E-state index in [0.717, 1.165) is 11.3 Å². The van der Waals surface area contributed by atoms with Crippen molar-refractivity contribution in [3.63, 3.8) is 0 Å². The van der Waals surface area contributed by atoms with Gasteiger partial charge in [0.25, 0.3) is 0 Å². The van der Waals surface area contributed by atoms with Crippen molar-refractivity contribution < 1.29 is 24.0 Å². The van der Waals surface area contributed by atoms with Gasteiger partial charge in [-0.25, -0.2) is 14.6 Å². The number of rotatable bonds is 10. The van der Waals surface area contributed by atoms with Crippen LogP contribution in [0.4, 0.5) is 0 Å². The van der Waals surface area contributed by atoms with Crippen LogP contribution in [0.3, 0.4) is 0 Å². The Morgan fingerprint density at radius 3 is 2.71 bits per heavy atom. The van der Waals surface area contributed by atoms with E-state index >= 15 is 0 Å². The lowest BCUT2D eigenvalue weighted by Crippen LogP contribution is -2.34. The van der Waals surface area contributed by atoms with E-state index in [1.165, 1.54) is 7.11 Å². The Morgan fingerprint density at radius 2 is 2.07 bits per heavy atom. The van der Waals surface area contributed by atoms with E-state index in [1.807, 2.05) is 25.1 Å². The highest BCUT2D eigenvalue weighted by atomic mass is 35.5. The van der Waals surface area contributed by atoms with Gasteiger partial charge in [-0.05, 0) is 25.5 Å². The molecule has 0 radical (unpaired) electrons. The Balaban J connectivity index is 2.58. The summed E-state index contributed by atoms with van der Waals surface area (Å²) in [6.07, 6.45) is 0. The molecular formula is C20H27ClN2O5. The second-order valence-electron chi connectivity index (χ2n) is 6.23. The highest BCUT2D eigenvalue weighted by molar-refractivity contribution is 6.31. The number of nitrogens with two attached hydrogens (primary N) is 1. The van der Waals surface area contributed by atoms with Crippen molar-refractivity contribution in [3.05, 3.63) is 46.1 Å². The van der Waals surface area contributed by atoms with Crippen LogP contribution in [0.5, 0.6) is 0 Å². The van der Waals surface area contributed by atoms with Crippen molar-refractivity contribution in [2.75, 3.05) is 40.1 Å². The molecule has 0 amide bonds. The van der Waals surface area contributed by atoms with Crippen LogP contribution < -0.4 is 5.73 Å². The molecule has 1 heterocycles. The number of halogens is 1. The highest BCUT2D eigenvalue weighted by Gasteiger charge is 2.39. The molecule has 1 aromatic rings. The Hall–Kier alpha value is -1.77. The summed E-state index contributed by atoms with van der Waals surface area (Å²) in [6.45, 7) is 5.00. The summed E-state index contributed by atoms with van der Waals surface area (Å²) >= 11 is 6.49. The molecule has 0 aliphatic carbocycles. The molecule has 2 rings (SSSR count). The van der Waals surface area contributed by atoms with Gasteiger partial charge in [-0.2, -0.15) is 0 Å². The van der Waals surface area contributed by atoms with Gasteiger partial charge in [0, 0.05) is 29.1 Å². The van der Waals surface area contributed by atoms with E-state index in [-0.39, 0.29) is 25.7 Å². The molecular weight excluding hydrogens is 384 g/mol. The number of hydrogen-bond donors (Lipinski definition) is 1. The molecule has 2 N–H and O–H groups in total. The van der Waals surface area contributed by atoms with E-state index in [2.05, 4.69) is 4.99 Å². The molecule has 0 spiro atoms. The van der Waals surface area contributed by atoms with Crippen molar-refractivity contribution >= 4 is 23.3 Å². The number of carbonyl (C=O) groups excluding carboxylic acids is 1. The Kier molecular flexibility index (Phi) is 9.08. The number of esters is 1. The number of benzene rings is 1. The Morgan fingerprint density at radius 1 is 1.32 bits per heavy atom. The molecule has 8 heteroatoms. The van der Waals surface area contributed by atoms with Crippen LogP contribution in [-0.4, -0.2) is 51.8 Å². The quantitative estimate of drug-likeness (QED) is 0.276. The number of ether oxygens (including phenoxy) is 2. The first-order valence-corrected chi connectivity index (χ1v) is 9.56. The average molecular weight is 411 g/mol. The van der Waals surface area contributed by atoms with Crippen LogP contribution in [0.25, 0.3) is 0 Å². The lowest BCUT2D eigenvalue weighted by Gasteiger charge is -2.33. The van der Waals surface area contributed by atoms with Gasteiger partial charge in [0.1, 0.15) is 0 Å². The molecule has 0 fully saturated rings. The standard InChI is InChI=1S/C20H27ClN2O5/c1-4-27-20(24)19-17(12-26-10-9-22)23-13(2)15(11-28-25-3)18(19)14-7-5-6-8-16(14)21/h5-8,15,18H,4,9-12,22H2,1-3H3. The summed E-state index contributed by atoms with van der Waals surface area (Å²) in [5.41, 5.74) is 8.03. The first-order valence-electron chi connectivity index (χ1n) is 9.18. The minimum absolute atomic E-state index is 0.154. The average Bonchev–Trinajstić information content (AvgIpc) is 2.67. The molecule has 0 aromatic heterocycles. The van der Waals surface area contributed by atoms with Crippen LogP contribution in [0, 0.1) is 5.92 Å². The van der Waals surface area contributed by atoms with Crippen molar-refractivity contribution in [2.45, 2.75) is 19.8 Å². The van der Waals surface area contributed by atoms with Crippen LogP contribution in [0.1, 0.15) is 25.3 Å². The molecule has 0 saturated carbocycles. The smallest absolute Gasteiger partial charge is 0.336 e. The van der Waals surface area contributed by atoms with E-state index in [9.17, 15) is 4.79 Å². The van der Waals surface area contributed by atoms with Crippen LogP contribution >= 0.6 is 11.6 Å². The molecule has 0 bridgehead atoms. The van der Waals surface area contributed by atoms with Crippen LogP contribution in [0.2, 0.25) is 5.02 Å². The van der Waals surface area contributed by atoms with Gasteiger partial charge in [-0.1, -0.05) is 29.8 Å². The minimum atomic E-state index is -0.447. The summed E-state index contributed by atoms with van der Waals surface area (Å²) in [6, 6.07) is 7.40. The molecule has 28 heavy (non-hydrogen) atoms. The van der Waals surface area contributed by atoms with Crippen LogP contribution in [0.15, 0.2) is 40.5 Å². The molecule has 2 atom stereocenters. The lowest BCUT2D eigenvalue weighted by molar-refractivity contribution is -0.277. The van der Waals surface area contributed by atoms with Crippen molar-refractivity contribution in [1.29, 1.82) is 0 Å². The Bertz CT molecular complexity index is 735. The third-order valence-corrected chi connectivity index (χ3v) is 4.82. The zero-order valence-corrected chi connectivity index (χ0v) is 17.2. The van der Waals surface area contributed by atoms with Crippen molar-refractivity contribution in [3.8, 4) is 0 Å². The SMILES string of the molecule is CCOC(=O)C1=C(COCCN)N=C(C)C(COOC)C1c1ccccc1Cl. The van der Waals surface area contributed by atoms with E-state index in [0.29, 0.717) is 29.4 Å². The molecule has 1 aliphatic heterocycles. The minimum Gasteiger partial charge on any atom is -0.463 e. The molecule has 0 saturated heterocycles. The zero-order valence-electron chi connectivity index (χ0n) is 16.4. The zero-order chi connectivity index (χ0) is 20.5. The summed E-state index contributed by atoms with van der Waals surface area (Å²) < 4.78 is 10.9. The highest BCUT2D eigenvalue weighted by Crippen LogP contribution is 2.42. The van der Waals surface area contributed by atoms with Gasteiger partial charge < -0.3 is 15.2 Å². The number of carbonyl (C=O) groups is 1. The maximum Gasteiger partial charge on any atom is 0.336 e. The number of nitrogens with zero attached hydrogens (tertiary/aromatic N) is 1. The Labute approximate surface area is 170 Å². The molecule has 154 valence electrons. The van der Waals surface area contributed by atoms with Crippen molar-refractivity contribution in [2.24, 2.45) is 16.6 Å². The van der Waals surface area contributed by atoms with Gasteiger partial charge in [-0.3, -0.25) is 4.99 Å². The normalized spacial score (nSPS) is 19.5. The first-order chi connectivity index (χ1) is 13.5. The molecule has 2 unspecified atom stereocenters. The fourth-order valence-corrected chi connectivity index (χ4v) is 3.50. The maximum absolute atomic E-state index is 12.9. The predicted molar refractivity (Wildman–Crippen MR) is 107 cm³/mol. The monoisotopic (exact) mass is 410 g/mol. The van der Waals surface area contributed by atoms with E-state index < -0.39 is 11.9 Å². The van der Waals surface area contributed by atoms with Crippen molar-refractivity contribution in [1.82, 2.24) is 0 Å². The molecule has 1 aliphatic rings. The van der Waals surface area contributed by atoms with E-state index in [4.69, 9.17) is 36.6 Å². The van der Waals surface area contributed by atoms with Gasteiger partial charge in [0.15, 0.2) is 0 Å². The predicted octanol–water partition coefficient (Wildman–Crippen LogP) is 2.88. The molecule has 1 aromatic carbocycles. The second kappa shape index (κ2) is 11.3. The summed E-state index contributed by atoms with van der Waals surface area (Å²) in [4.78, 5) is 27.6. The van der Waals surface area contributed by atoms with Gasteiger partial charge in [-0.15, -0.1) is 0 Å². The first kappa shape index (κ1) is 22.5. The number of aliphatic imine (C=N–C) groups is 1. The summed E-state index contributed by atoms with van der Waals surface area (Å²) in [5.74, 6) is -1.10. The summed E-state index contributed by atoms with van der Waals surface area (Å²) in [5, 5.41) is 0.550. The van der Waals surface area contributed by atoms with Crippen LogP contribution in [-0.2, 0) is 24.0 Å². The lowest BCUT2D eigenvalue weighted by atomic mass is 9.76.